The van der Waals surface area contributed by atoms with Crippen LogP contribution in [0, 0.1) is 5.82 Å². The molecule has 2 N–H and O–H groups in total. The molecule has 0 amide bonds. The van der Waals surface area contributed by atoms with Crippen molar-refractivity contribution < 1.29 is 9.50 Å². The number of hydrogen-bond donors (Lipinski definition) is 2. The van der Waals surface area contributed by atoms with Gasteiger partial charge >= 0.3 is 0 Å². The van der Waals surface area contributed by atoms with E-state index in [4.69, 9.17) is 0 Å². The minimum Gasteiger partial charge on any atom is -0.394 e. The zero-order valence-corrected chi connectivity index (χ0v) is 12.9. The number of fused-ring (bicyclic) bond motifs is 1. The molecule has 0 fully saturated rings. The maximum atomic E-state index is 13.0. The molecule has 0 spiro atoms. The van der Waals surface area contributed by atoms with Gasteiger partial charge in [0.05, 0.1) is 22.9 Å². The number of anilines is 1. The molecule has 6 heteroatoms. The molecule has 4 nitrogen and oxygen atoms in total. The van der Waals surface area contributed by atoms with Crippen LogP contribution in [0.2, 0.25) is 0 Å². The predicted molar refractivity (Wildman–Crippen MR) is 87.6 cm³/mol. The maximum Gasteiger partial charge on any atom is 0.147 e. The molecule has 0 aliphatic carbocycles. The van der Waals surface area contributed by atoms with Gasteiger partial charge in [0, 0.05) is 4.88 Å². The lowest BCUT2D eigenvalue weighted by Gasteiger charge is -2.14. The zero-order valence-electron chi connectivity index (χ0n) is 12.1. The average molecular weight is 317 g/mol. The summed E-state index contributed by atoms with van der Waals surface area (Å²) >= 11 is 1.55. The molecule has 0 bridgehead atoms. The van der Waals surface area contributed by atoms with Gasteiger partial charge in [-0.15, -0.1) is 11.3 Å². The normalized spacial score (nSPS) is 12.5. The highest BCUT2D eigenvalue weighted by molar-refractivity contribution is 7.22. The van der Waals surface area contributed by atoms with Crippen LogP contribution >= 0.6 is 11.3 Å². The van der Waals surface area contributed by atoms with Gasteiger partial charge in [0.2, 0.25) is 0 Å². The fourth-order valence-corrected chi connectivity index (χ4v) is 3.25. The van der Waals surface area contributed by atoms with E-state index in [1.54, 1.807) is 23.5 Å². The van der Waals surface area contributed by atoms with E-state index >= 15 is 0 Å². The van der Waals surface area contributed by atoms with Crippen molar-refractivity contribution >= 4 is 27.4 Å². The number of aliphatic hydroxyl groups excluding tert-OH is 1. The molecule has 0 unspecified atom stereocenters. The molecule has 22 heavy (non-hydrogen) atoms. The number of halogens is 1. The monoisotopic (exact) mass is 317 g/mol. The topological polar surface area (TPSA) is 58.0 Å². The first-order chi connectivity index (χ1) is 10.7. The van der Waals surface area contributed by atoms with E-state index in [1.165, 1.54) is 18.5 Å². The van der Waals surface area contributed by atoms with E-state index < -0.39 is 0 Å². The summed E-state index contributed by atoms with van der Waals surface area (Å²) in [6, 6.07) is 8.34. The number of nitrogens with zero attached hydrogens (tertiary/aromatic N) is 2. The molecule has 0 aliphatic rings. The molecule has 0 aliphatic heterocycles. The van der Waals surface area contributed by atoms with Crippen LogP contribution in [0.1, 0.15) is 13.3 Å². The minimum atomic E-state index is -0.249. The van der Waals surface area contributed by atoms with Crippen LogP contribution in [-0.4, -0.2) is 27.7 Å². The van der Waals surface area contributed by atoms with Crippen LogP contribution < -0.4 is 5.32 Å². The molecule has 1 aromatic carbocycles. The summed E-state index contributed by atoms with van der Waals surface area (Å²) in [5, 5.41) is 12.6. The average Bonchev–Trinajstić information content (AvgIpc) is 2.98. The van der Waals surface area contributed by atoms with Crippen LogP contribution in [0.25, 0.3) is 20.7 Å². The fraction of sp³-hybridized carbons (Fsp3) is 0.250. The Labute approximate surface area is 131 Å². The Morgan fingerprint density at radius 3 is 2.73 bits per heavy atom. The highest BCUT2D eigenvalue weighted by Gasteiger charge is 2.13. The standard InChI is InChI=1S/C16H16FN3OS/c1-2-12(8-21)20-16-15-13(18-9-19-16)7-14(22-15)10-3-5-11(17)6-4-10/h3-7,9,12,21H,2,8H2,1H3,(H,18,19,20)/t12-/m0/s1. The first-order valence-electron chi connectivity index (χ1n) is 7.09. The second-order valence-electron chi connectivity index (χ2n) is 4.99. The van der Waals surface area contributed by atoms with Crippen LogP contribution in [0.15, 0.2) is 36.7 Å². The molecule has 3 rings (SSSR count). The summed E-state index contributed by atoms with van der Waals surface area (Å²) in [5.74, 6) is 0.477. The second-order valence-corrected chi connectivity index (χ2v) is 6.04. The Bertz CT molecular complexity index is 769. The Balaban J connectivity index is 2.00. The van der Waals surface area contributed by atoms with E-state index in [9.17, 15) is 9.50 Å². The van der Waals surface area contributed by atoms with Gasteiger partial charge in [0.15, 0.2) is 0 Å². The van der Waals surface area contributed by atoms with Crippen LogP contribution in [-0.2, 0) is 0 Å². The third-order valence-electron chi connectivity index (χ3n) is 3.49. The Kier molecular flexibility index (Phi) is 4.31. The maximum absolute atomic E-state index is 13.0. The summed E-state index contributed by atoms with van der Waals surface area (Å²) in [7, 11) is 0. The molecule has 0 saturated carbocycles. The number of benzene rings is 1. The Hall–Kier alpha value is -2.05. The molecule has 0 saturated heterocycles. The highest BCUT2D eigenvalue weighted by atomic mass is 32.1. The predicted octanol–water partition coefficient (Wildman–Crippen LogP) is 3.68. The SMILES string of the molecule is CC[C@@H](CO)Nc1ncnc2cc(-c3ccc(F)cc3)sc12. The number of nitrogens with one attached hydrogen (secondary N) is 1. The smallest absolute Gasteiger partial charge is 0.147 e. The van der Waals surface area contributed by atoms with E-state index in [-0.39, 0.29) is 18.5 Å². The second kappa shape index (κ2) is 6.37. The van der Waals surface area contributed by atoms with Crippen LogP contribution in [0.3, 0.4) is 0 Å². The van der Waals surface area contributed by atoms with Crippen molar-refractivity contribution in [1.82, 2.24) is 9.97 Å². The van der Waals surface area contributed by atoms with Gasteiger partial charge < -0.3 is 10.4 Å². The summed E-state index contributed by atoms with van der Waals surface area (Å²) in [6.45, 7) is 2.06. The van der Waals surface area contributed by atoms with Crippen molar-refractivity contribution in [3.05, 3.63) is 42.5 Å². The Morgan fingerprint density at radius 2 is 2.05 bits per heavy atom. The van der Waals surface area contributed by atoms with Gasteiger partial charge in [-0.05, 0) is 30.2 Å². The Morgan fingerprint density at radius 1 is 1.27 bits per heavy atom. The van der Waals surface area contributed by atoms with Crippen LogP contribution in [0.5, 0.6) is 0 Å². The third kappa shape index (κ3) is 2.93. The summed E-state index contributed by atoms with van der Waals surface area (Å²) in [6.07, 6.45) is 2.31. The first kappa shape index (κ1) is 14.9. The van der Waals surface area contributed by atoms with E-state index in [2.05, 4.69) is 15.3 Å². The van der Waals surface area contributed by atoms with Crippen molar-refractivity contribution in [3.63, 3.8) is 0 Å². The summed E-state index contributed by atoms with van der Waals surface area (Å²) < 4.78 is 14.0. The number of thiophene rings is 1. The van der Waals surface area contributed by atoms with E-state index in [0.29, 0.717) is 0 Å². The molecule has 2 aromatic heterocycles. The van der Waals surface area contributed by atoms with Crippen molar-refractivity contribution in [3.8, 4) is 10.4 Å². The molecular formula is C16H16FN3OS. The number of aliphatic hydroxyl groups is 1. The zero-order chi connectivity index (χ0) is 15.5. The lowest BCUT2D eigenvalue weighted by molar-refractivity contribution is 0.271. The molecule has 0 radical (unpaired) electrons. The lowest BCUT2D eigenvalue weighted by atomic mass is 10.2. The first-order valence-corrected chi connectivity index (χ1v) is 7.90. The van der Waals surface area contributed by atoms with Gasteiger partial charge in [0.1, 0.15) is 18.0 Å². The van der Waals surface area contributed by atoms with Crippen molar-refractivity contribution in [2.75, 3.05) is 11.9 Å². The van der Waals surface area contributed by atoms with Gasteiger partial charge in [0.25, 0.3) is 0 Å². The van der Waals surface area contributed by atoms with E-state index in [1.807, 2.05) is 13.0 Å². The molecule has 2 heterocycles. The molecule has 3 aromatic rings. The molecule has 114 valence electrons. The third-order valence-corrected chi connectivity index (χ3v) is 4.67. The van der Waals surface area contributed by atoms with Gasteiger partial charge in [-0.25, -0.2) is 14.4 Å². The van der Waals surface area contributed by atoms with Crippen molar-refractivity contribution in [1.29, 1.82) is 0 Å². The minimum absolute atomic E-state index is 0.0329. The van der Waals surface area contributed by atoms with Gasteiger partial charge in [-0.2, -0.15) is 0 Å². The lowest BCUT2D eigenvalue weighted by Crippen LogP contribution is -2.23. The number of hydrogen-bond acceptors (Lipinski definition) is 5. The van der Waals surface area contributed by atoms with E-state index in [0.717, 1.165) is 32.9 Å². The fourth-order valence-electron chi connectivity index (χ4n) is 2.18. The van der Waals surface area contributed by atoms with Gasteiger partial charge in [-0.1, -0.05) is 19.1 Å². The highest BCUT2D eigenvalue weighted by Crippen LogP contribution is 2.35. The van der Waals surface area contributed by atoms with Gasteiger partial charge in [-0.3, -0.25) is 0 Å². The summed E-state index contributed by atoms with van der Waals surface area (Å²) in [4.78, 5) is 9.58. The number of rotatable bonds is 5. The molecular weight excluding hydrogens is 301 g/mol. The van der Waals surface area contributed by atoms with Crippen LogP contribution in [0.4, 0.5) is 10.2 Å². The number of aromatic nitrogens is 2. The van der Waals surface area contributed by atoms with Crippen molar-refractivity contribution in [2.45, 2.75) is 19.4 Å². The largest absolute Gasteiger partial charge is 0.394 e. The van der Waals surface area contributed by atoms with Crippen molar-refractivity contribution in [2.24, 2.45) is 0 Å². The summed E-state index contributed by atoms with van der Waals surface area (Å²) in [5.41, 5.74) is 1.79. The quantitative estimate of drug-likeness (QED) is 0.753. The molecule has 1 atom stereocenters.